The van der Waals surface area contributed by atoms with Crippen molar-refractivity contribution in [3.63, 3.8) is 0 Å². The highest BCUT2D eigenvalue weighted by atomic mass is 32.2. The van der Waals surface area contributed by atoms with Crippen LogP contribution in [0, 0.1) is 5.41 Å². The lowest BCUT2D eigenvalue weighted by atomic mass is 9.89. The van der Waals surface area contributed by atoms with Gasteiger partial charge in [0.2, 0.25) is 0 Å². The summed E-state index contributed by atoms with van der Waals surface area (Å²) in [6, 6.07) is 0. The highest BCUT2D eigenvalue weighted by Gasteiger charge is 2.38. The van der Waals surface area contributed by atoms with E-state index in [1.54, 1.807) is 11.8 Å². The number of hydrazone groups is 1. The third-order valence-electron chi connectivity index (χ3n) is 3.23. The Morgan fingerprint density at radius 2 is 2.27 bits per heavy atom. The van der Waals surface area contributed by atoms with E-state index >= 15 is 0 Å². The van der Waals surface area contributed by atoms with E-state index in [0.29, 0.717) is 5.41 Å². The molecule has 1 aliphatic heterocycles. The molecule has 0 atom stereocenters. The first-order chi connectivity index (χ1) is 7.29. The summed E-state index contributed by atoms with van der Waals surface area (Å²) in [5.41, 5.74) is 0.379. The van der Waals surface area contributed by atoms with E-state index in [4.69, 9.17) is 0 Å². The first-order valence-electron chi connectivity index (χ1n) is 5.71. The average Bonchev–Trinajstić information content (AvgIpc) is 2.86. The molecule has 4 heteroatoms. The maximum atomic E-state index is 4.52. The lowest BCUT2D eigenvalue weighted by molar-refractivity contribution is 0.351. The summed E-state index contributed by atoms with van der Waals surface area (Å²) in [6.07, 6.45) is 9.57. The first kappa shape index (κ1) is 11.0. The molecule has 1 saturated carbocycles. The van der Waals surface area contributed by atoms with Gasteiger partial charge in [-0.2, -0.15) is 5.10 Å². The van der Waals surface area contributed by atoms with Crippen LogP contribution < -0.4 is 0 Å². The molecule has 2 rings (SSSR count). The van der Waals surface area contributed by atoms with Gasteiger partial charge >= 0.3 is 0 Å². The van der Waals surface area contributed by atoms with Crippen LogP contribution in [0.5, 0.6) is 0 Å². The van der Waals surface area contributed by atoms with Crippen LogP contribution in [0.25, 0.3) is 0 Å². The topological polar surface area (TPSA) is 28.0 Å². The summed E-state index contributed by atoms with van der Waals surface area (Å²) in [7, 11) is 0. The SMILES string of the molecule is CC/N=C(\SC)N1CC2(C=N1)CCCC2. The van der Waals surface area contributed by atoms with Crippen LogP contribution >= 0.6 is 11.8 Å². The predicted octanol–water partition coefficient (Wildman–Crippen LogP) is 2.59. The van der Waals surface area contributed by atoms with Crippen LogP contribution in [0.3, 0.4) is 0 Å². The van der Waals surface area contributed by atoms with Crippen molar-refractivity contribution in [2.45, 2.75) is 32.6 Å². The molecule has 0 N–H and O–H groups in total. The van der Waals surface area contributed by atoms with Gasteiger partial charge in [-0.05, 0) is 26.0 Å². The van der Waals surface area contributed by atoms with Crippen LogP contribution in [-0.4, -0.2) is 35.7 Å². The summed E-state index contributed by atoms with van der Waals surface area (Å²) < 4.78 is 0. The Morgan fingerprint density at radius 1 is 1.53 bits per heavy atom. The molecule has 0 aromatic carbocycles. The van der Waals surface area contributed by atoms with Gasteiger partial charge in [-0.3, -0.25) is 4.99 Å². The van der Waals surface area contributed by atoms with E-state index in [1.165, 1.54) is 25.7 Å². The molecule has 1 heterocycles. The summed E-state index contributed by atoms with van der Waals surface area (Å²) in [6.45, 7) is 3.96. The zero-order valence-corrected chi connectivity index (χ0v) is 10.4. The fourth-order valence-corrected chi connectivity index (χ4v) is 3.02. The molecule has 0 saturated heterocycles. The summed E-state index contributed by atoms with van der Waals surface area (Å²) >= 11 is 1.70. The van der Waals surface area contributed by atoms with Crippen LogP contribution in [0.2, 0.25) is 0 Å². The molecule has 15 heavy (non-hydrogen) atoms. The molecule has 1 fully saturated rings. The molecule has 0 radical (unpaired) electrons. The smallest absolute Gasteiger partial charge is 0.179 e. The van der Waals surface area contributed by atoms with Gasteiger partial charge in [0.25, 0.3) is 0 Å². The van der Waals surface area contributed by atoms with Gasteiger partial charge in [0.05, 0.1) is 6.54 Å². The molecule has 1 aliphatic carbocycles. The molecule has 0 unspecified atom stereocenters. The van der Waals surface area contributed by atoms with Crippen molar-refractivity contribution in [2.75, 3.05) is 19.3 Å². The molecule has 0 aromatic heterocycles. The molecule has 0 amide bonds. The zero-order valence-electron chi connectivity index (χ0n) is 9.57. The van der Waals surface area contributed by atoms with Crippen molar-refractivity contribution in [3.05, 3.63) is 0 Å². The Hall–Kier alpha value is -0.510. The van der Waals surface area contributed by atoms with Gasteiger partial charge in [-0.1, -0.05) is 24.6 Å². The fourth-order valence-electron chi connectivity index (χ4n) is 2.44. The van der Waals surface area contributed by atoms with Crippen molar-refractivity contribution >= 4 is 23.1 Å². The second-order valence-corrected chi connectivity index (χ2v) is 5.11. The molecular formula is C11H19N3S. The third kappa shape index (κ3) is 2.19. The molecule has 0 aromatic rings. The number of thioether (sulfide) groups is 1. The normalized spacial score (nSPS) is 24.4. The number of nitrogens with zero attached hydrogens (tertiary/aromatic N) is 3. The Kier molecular flexibility index (Phi) is 3.34. The summed E-state index contributed by atoms with van der Waals surface area (Å²) in [5, 5.41) is 7.67. The molecule has 0 bridgehead atoms. The van der Waals surface area contributed by atoms with E-state index in [1.807, 2.05) is 0 Å². The van der Waals surface area contributed by atoms with Gasteiger partial charge in [0.1, 0.15) is 0 Å². The van der Waals surface area contributed by atoms with Crippen LogP contribution in [0.1, 0.15) is 32.6 Å². The Labute approximate surface area is 96.0 Å². The van der Waals surface area contributed by atoms with Crippen LogP contribution in [0.15, 0.2) is 10.1 Å². The van der Waals surface area contributed by atoms with E-state index in [0.717, 1.165) is 18.3 Å². The minimum Gasteiger partial charge on any atom is -0.261 e. The maximum absolute atomic E-state index is 4.52. The average molecular weight is 225 g/mol. The lowest BCUT2D eigenvalue weighted by Crippen LogP contribution is -2.29. The highest BCUT2D eigenvalue weighted by Crippen LogP contribution is 2.40. The first-order valence-corrected chi connectivity index (χ1v) is 6.93. The van der Waals surface area contributed by atoms with E-state index in [-0.39, 0.29) is 0 Å². The second-order valence-electron chi connectivity index (χ2n) is 4.33. The molecule has 2 aliphatic rings. The third-order valence-corrected chi connectivity index (χ3v) is 3.94. The predicted molar refractivity (Wildman–Crippen MR) is 67.6 cm³/mol. The number of hydrogen-bond acceptors (Lipinski definition) is 3. The highest BCUT2D eigenvalue weighted by molar-refractivity contribution is 8.13. The van der Waals surface area contributed by atoms with Gasteiger partial charge in [0.15, 0.2) is 5.17 Å². The van der Waals surface area contributed by atoms with Gasteiger partial charge in [-0.15, -0.1) is 0 Å². The quantitative estimate of drug-likeness (QED) is 0.507. The fraction of sp³-hybridized carbons (Fsp3) is 0.818. The van der Waals surface area contributed by atoms with Crippen molar-refractivity contribution < 1.29 is 0 Å². The van der Waals surface area contributed by atoms with Crippen molar-refractivity contribution in [1.29, 1.82) is 0 Å². The monoisotopic (exact) mass is 225 g/mol. The molecular weight excluding hydrogens is 206 g/mol. The van der Waals surface area contributed by atoms with Gasteiger partial charge in [-0.25, -0.2) is 5.01 Å². The van der Waals surface area contributed by atoms with Crippen molar-refractivity contribution in [3.8, 4) is 0 Å². The van der Waals surface area contributed by atoms with E-state index in [9.17, 15) is 0 Å². The number of hydrogen-bond donors (Lipinski definition) is 0. The number of amidine groups is 1. The molecule has 3 nitrogen and oxygen atoms in total. The van der Waals surface area contributed by atoms with Gasteiger partial charge < -0.3 is 0 Å². The zero-order chi connectivity index (χ0) is 10.7. The standard InChI is InChI=1S/C11H19N3S/c1-3-12-10(15-2)14-9-11(8-13-14)6-4-5-7-11/h8H,3-7,9H2,1-2H3/b12-10-. The van der Waals surface area contributed by atoms with Crippen LogP contribution in [-0.2, 0) is 0 Å². The molecule has 84 valence electrons. The van der Waals surface area contributed by atoms with Crippen LogP contribution in [0.4, 0.5) is 0 Å². The van der Waals surface area contributed by atoms with Gasteiger partial charge in [0, 0.05) is 18.2 Å². The minimum absolute atomic E-state index is 0.379. The number of rotatable bonds is 1. The Morgan fingerprint density at radius 3 is 2.87 bits per heavy atom. The van der Waals surface area contributed by atoms with E-state index in [2.05, 4.69) is 34.5 Å². The minimum atomic E-state index is 0.379. The second kappa shape index (κ2) is 4.56. The Bertz CT molecular complexity index is 280. The maximum Gasteiger partial charge on any atom is 0.179 e. The summed E-state index contributed by atoms with van der Waals surface area (Å²) in [5.74, 6) is 0. The number of aliphatic imine (C=N–C) groups is 1. The van der Waals surface area contributed by atoms with Crippen molar-refractivity contribution in [1.82, 2.24) is 5.01 Å². The largest absolute Gasteiger partial charge is 0.261 e. The van der Waals surface area contributed by atoms with Crippen molar-refractivity contribution in [2.24, 2.45) is 15.5 Å². The Balaban J connectivity index is 2.03. The van der Waals surface area contributed by atoms with E-state index < -0.39 is 0 Å². The summed E-state index contributed by atoms with van der Waals surface area (Å²) in [4.78, 5) is 4.47. The molecule has 1 spiro atoms. The lowest BCUT2D eigenvalue weighted by Gasteiger charge is -2.22.